The molecule has 2 unspecified atom stereocenters. The summed E-state index contributed by atoms with van der Waals surface area (Å²) in [6.45, 7) is 0. The van der Waals surface area contributed by atoms with E-state index in [1.807, 2.05) is 72.8 Å². The second kappa shape index (κ2) is 11.6. The van der Waals surface area contributed by atoms with Gasteiger partial charge in [0.05, 0.1) is 23.0 Å². The molecule has 0 saturated carbocycles. The number of carbonyl (C=O) groups is 2. The Morgan fingerprint density at radius 1 is 0.370 bits per heavy atom. The topological polar surface area (TPSA) is 52.6 Å². The first-order valence-corrected chi connectivity index (χ1v) is 15.6. The zero-order valence-corrected chi connectivity index (χ0v) is 25.0. The van der Waals surface area contributed by atoms with E-state index in [4.69, 9.17) is 9.47 Å². The molecule has 3 aliphatic carbocycles. The Morgan fingerprint density at radius 3 is 1.11 bits per heavy atom. The molecule has 0 N–H and O–H groups in total. The van der Waals surface area contributed by atoms with Gasteiger partial charge in [-0.1, -0.05) is 133 Å². The van der Waals surface area contributed by atoms with Crippen LogP contribution in [-0.4, -0.2) is 24.1 Å². The standard InChI is InChI=1S/C42H30O4/c43-41(29-17-9-3-10-18-29)45-39-37-33-23-21-31(27-13-5-1-6-14-27)25-35(33)38(40(39)46-42(44)30-19-11-4-12-20-30)36-26-32(22-24-34(36)37)28-15-7-2-8-16-28/h1-26,37-40H. The van der Waals surface area contributed by atoms with E-state index in [0.29, 0.717) is 11.1 Å². The van der Waals surface area contributed by atoms with Crippen LogP contribution in [0.5, 0.6) is 0 Å². The van der Waals surface area contributed by atoms with Crippen LogP contribution in [0.25, 0.3) is 22.3 Å². The molecule has 222 valence electrons. The normalized spacial score (nSPS) is 19.0. The van der Waals surface area contributed by atoms with E-state index in [1.165, 1.54) is 0 Å². The molecular weight excluding hydrogens is 568 g/mol. The molecule has 0 heterocycles. The van der Waals surface area contributed by atoms with Crippen LogP contribution >= 0.6 is 0 Å². The summed E-state index contributed by atoms with van der Waals surface area (Å²) in [4.78, 5) is 27.4. The first kappa shape index (κ1) is 27.8. The zero-order chi connectivity index (χ0) is 31.0. The third-order valence-electron chi connectivity index (χ3n) is 9.21. The molecule has 2 atom stereocenters. The van der Waals surface area contributed by atoms with Crippen molar-refractivity contribution in [1.82, 2.24) is 0 Å². The summed E-state index contributed by atoms with van der Waals surface area (Å²) in [5.74, 6) is -1.57. The van der Waals surface area contributed by atoms with Gasteiger partial charge in [-0.2, -0.15) is 0 Å². The molecule has 3 aliphatic rings. The lowest BCUT2D eigenvalue weighted by Gasteiger charge is -2.49. The SMILES string of the molecule is O=C(OC1C2c3ccc(-c4ccccc4)cc3C(c3cc(-c4ccccc4)ccc32)C1OC(=O)c1ccccc1)c1ccccc1. The maximum atomic E-state index is 13.7. The van der Waals surface area contributed by atoms with Gasteiger partial charge < -0.3 is 9.47 Å². The molecule has 0 aliphatic heterocycles. The molecule has 0 amide bonds. The van der Waals surface area contributed by atoms with Crippen molar-refractivity contribution in [3.63, 3.8) is 0 Å². The lowest BCUT2D eigenvalue weighted by molar-refractivity contribution is -0.0557. The van der Waals surface area contributed by atoms with E-state index in [-0.39, 0.29) is 11.8 Å². The summed E-state index contributed by atoms with van der Waals surface area (Å²) in [6.07, 6.45) is -1.47. The van der Waals surface area contributed by atoms with Crippen molar-refractivity contribution in [2.24, 2.45) is 0 Å². The first-order chi connectivity index (χ1) is 22.7. The quantitative estimate of drug-likeness (QED) is 0.180. The molecule has 9 rings (SSSR count). The van der Waals surface area contributed by atoms with Crippen LogP contribution in [0, 0.1) is 0 Å². The van der Waals surface area contributed by atoms with E-state index in [2.05, 4.69) is 60.7 Å². The van der Waals surface area contributed by atoms with E-state index in [9.17, 15) is 9.59 Å². The van der Waals surface area contributed by atoms with Crippen molar-refractivity contribution in [1.29, 1.82) is 0 Å². The zero-order valence-electron chi connectivity index (χ0n) is 25.0. The highest BCUT2D eigenvalue weighted by atomic mass is 16.6. The Bertz CT molecular complexity index is 1950. The Balaban J connectivity index is 1.31. The number of benzene rings is 6. The third kappa shape index (κ3) is 4.89. The van der Waals surface area contributed by atoms with Crippen LogP contribution in [0.4, 0.5) is 0 Å². The van der Waals surface area contributed by atoms with Crippen LogP contribution in [0.2, 0.25) is 0 Å². The van der Waals surface area contributed by atoms with E-state index >= 15 is 0 Å². The van der Waals surface area contributed by atoms with E-state index < -0.39 is 24.1 Å². The number of hydrogen-bond donors (Lipinski definition) is 0. The molecule has 0 saturated heterocycles. The summed E-state index contributed by atoms with van der Waals surface area (Å²) in [6, 6.07) is 51.6. The van der Waals surface area contributed by atoms with Gasteiger partial charge in [-0.3, -0.25) is 0 Å². The number of hydrogen-bond acceptors (Lipinski definition) is 4. The summed E-state index contributed by atoms with van der Waals surface area (Å²) < 4.78 is 12.8. The predicted octanol–water partition coefficient (Wildman–Crippen LogP) is 9.06. The highest BCUT2D eigenvalue weighted by molar-refractivity contribution is 5.91. The third-order valence-corrected chi connectivity index (χ3v) is 9.21. The van der Waals surface area contributed by atoms with Crippen molar-refractivity contribution in [3.8, 4) is 22.3 Å². The van der Waals surface area contributed by atoms with Gasteiger partial charge in [0.25, 0.3) is 0 Å². The van der Waals surface area contributed by atoms with Gasteiger partial charge in [-0.15, -0.1) is 0 Å². The summed E-state index contributed by atoms with van der Waals surface area (Å²) in [5.41, 5.74) is 9.63. The fraction of sp³-hybridized carbons (Fsp3) is 0.0952. The van der Waals surface area contributed by atoms with Crippen LogP contribution in [0.15, 0.2) is 158 Å². The first-order valence-electron chi connectivity index (χ1n) is 15.6. The number of esters is 2. The molecule has 2 bridgehead atoms. The minimum atomic E-state index is -0.748. The number of fused-ring (bicyclic) bond motifs is 1. The Labute approximate surface area is 267 Å². The highest BCUT2D eigenvalue weighted by Gasteiger charge is 2.54. The van der Waals surface area contributed by atoms with Gasteiger partial charge in [0.15, 0.2) is 12.2 Å². The average molecular weight is 599 g/mol. The van der Waals surface area contributed by atoms with Crippen molar-refractivity contribution in [2.45, 2.75) is 24.0 Å². The molecule has 0 radical (unpaired) electrons. The van der Waals surface area contributed by atoms with Crippen molar-refractivity contribution < 1.29 is 19.1 Å². The van der Waals surface area contributed by atoms with Crippen LogP contribution < -0.4 is 0 Å². The maximum Gasteiger partial charge on any atom is 0.338 e. The Morgan fingerprint density at radius 2 is 0.717 bits per heavy atom. The lowest BCUT2D eigenvalue weighted by atomic mass is 9.60. The van der Waals surface area contributed by atoms with Crippen LogP contribution in [0.1, 0.15) is 54.8 Å². The molecular formula is C42H30O4. The van der Waals surface area contributed by atoms with E-state index in [1.54, 1.807) is 24.3 Å². The van der Waals surface area contributed by atoms with E-state index in [0.717, 1.165) is 44.5 Å². The average Bonchev–Trinajstić information content (AvgIpc) is 3.13. The molecule has 0 spiro atoms. The van der Waals surface area contributed by atoms with Crippen molar-refractivity contribution in [3.05, 3.63) is 191 Å². The second-order valence-corrected chi connectivity index (χ2v) is 11.8. The largest absolute Gasteiger partial charge is 0.454 e. The van der Waals surface area contributed by atoms with Gasteiger partial charge in [0.2, 0.25) is 0 Å². The fourth-order valence-corrected chi connectivity index (χ4v) is 7.10. The van der Waals surface area contributed by atoms with Gasteiger partial charge in [0, 0.05) is 0 Å². The smallest absolute Gasteiger partial charge is 0.338 e. The monoisotopic (exact) mass is 598 g/mol. The Kier molecular flexibility index (Phi) is 7.03. The number of ether oxygens (including phenoxy) is 2. The summed E-state index contributed by atoms with van der Waals surface area (Å²) in [5, 5.41) is 0. The lowest BCUT2D eigenvalue weighted by Crippen LogP contribution is -2.51. The molecule has 46 heavy (non-hydrogen) atoms. The summed E-state index contributed by atoms with van der Waals surface area (Å²) >= 11 is 0. The van der Waals surface area contributed by atoms with Crippen molar-refractivity contribution >= 4 is 11.9 Å². The van der Waals surface area contributed by atoms with Crippen LogP contribution in [-0.2, 0) is 9.47 Å². The molecule has 4 heteroatoms. The fourth-order valence-electron chi connectivity index (χ4n) is 7.10. The minimum absolute atomic E-state index is 0.328. The van der Waals surface area contributed by atoms with Gasteiger partial charge >= 0.3 is 11.9 Å². The van der Waals surface area contributed by atoms with Gasteiger partial charge in [0.1, 0.15) is 0 Å². The van der Waals surface area contributed by atoms with Crippen LogP contribution in [0.3, 0.4) is 0 Å². The summed E-state index contributed by atoms with van der Waals surface area (Å²) in [7, 11) is 0. The molecule has 4 nitrogen and oxygen atoms in total. The number of rotatable bonds is 6. The minimum Gasteiger partial charge on any atom is -0.454 e. The second-order valence-electron chi connectivity index (χ2n) is 11.8. The molecule has 6 aromatic rings. The Hall–Kier alpha value is -5.74. The molecule has 0 fully saturated rings. The van der Waals surface area contributed by atoms with Crippen molar-refractivity contribution in [2.75, 3.05) is 0 Å². The van der Waals surface area contributed by atoms with Gasteiger partial charge in [-0.05, 0) is 68.8 Å². The maximum absolute atomic E-state index is 13.7. The molecule has 0 aromatic heterocycles. The van der Waals surface area contributed by atoms with Gasteiger partial charge in [-0.25, -0.2) is 9.59 Å². The highest BCUT2D eigenvalue weighted by Crippen LogP contribution is 2.56. The predicted molar refractivity (Wildman–Crippen MR) is 179 cm³/mol. The molecule has 6 aromatic carbocycles. The number of carbonyl (C=O) groups excluding carboxylic acids is 2.